The molecule has 496 valence electrons. The highest BCUT2D eigenvalue weighted by atomic mass is 16.6. The molecule has 0 heterocycles. The van der Waals surface area contributed by atoms with E-state index in [9.17, 15) is 14.7 Å². The Kier molecular flexibility index (Phi) is 71.9. The summed E-state index contributed by atoms with van der Waals surface area (Å²) in [5.41, 5.74) is 0. The predicted molar refractivity (Wildman–Crippen MR) is 389 cm³/mol. The number of aliphatic hydroxyl groups is 1. The van der Waals surface area contributed by atoms with Crippen molar-refractivity contribution in [2.24, 2.45) is 0 Å². The average molecular weight is 1210 g/mol. The molecule has 0 aliphatic carbocycles. The Labute approximate surface area is 544 Å². The fourth-order valence-electron chi connectivity index (χ4n) is 9.85. The highest BCUT2D eigenvalue weighted by molar-refractivity contribution is 5.70. The summed E-state index contributed by atoms with van der Waals surface area (Å²) >= 11 is 0. The number of carbonyl (C=O) groups excluding carboxylic acids is 2. The van der Waals surface area contributed by atoms with Crippen molar-refractivity contribution in [1.29, 1.82) is 0 Å². The van der Waals surface area contributed by atoms with Crippen LogP contribution in [0.1, 0.15) is 309 Å². The fraction of sp³-hybridized carbons (Fsp3) is 0.614. The third kappa shape index (κ3) is 73.5. The monoisotopic (exact) mass is 1210 g/mol. The van der Waals surface area contributed by atoms with Crippen LogP contribution < -0.4 is 0 Å². The van der Waals surface area contributed by atoms with Crippen molar-refractivity contribution in [2.75, 3.05) is 13.2 Å². The Morgan fingerprint density at radius 2 is 0.455 bits per heavy atom. The molecule has 0 bridgehead atoms. The molecule has 5 nitrogen and oxygen atoms in total. The second kappa shape index (κ2) is 76.2. The van der Waals surface area contributed by atoms with Crippen LogP contribution in [-0.4, -0.2) is 36.4 Å². The van der Waals surface area contributed by atoms with E-state index in [1.54, 1.807) is 0 Å². The van der Waals surface area contributed by atoms with Gasteiger partial charge in [-0.3, -0.25) is 9.59 Å². The third-order valence-corrected chi connectivity index (χ3v) is 15.2. The van der Waals surface area contributed by atoms with Gasteiger partial charge in [-0.2, -0.15) is 0 Å². The summed E-state index contributed by atoms with van der Waals surface area (Å²) in [5, 5.41) is 9.71. The minimum absolute atomic E-state index is 0.0747. The highest BCUT2D eigenvalue weighted by Crippen LogP contribution is 2.17. The van der Waals surface area contributed by atoms with Gasteiger partial charge in [0.05, 0.1) is 6.61 Å². The second-order valence-electron chi connectivity index (χ2n) is 23.6. The van der Waals surface area contributed by atoms with E-state index in [0.29, 0.717) is 12.8 Å². The number of unbranched alkanes of at least 4 members (excludes halogenated alkanes) is 27. The third-order valence-electron chi connectivity index (χ3n) is 15.2. The number of hydrogen-bond acceptors (Lipinski definition) is 5. The summed E-state index contributed by atoms with van der Waals surface area (Å²) in [6, 6.07) is 0. The van der Waals surface area contributed by atoms with Crippen molar-refractivity contribution >= 4 is 11.9 Å². The van der Waals surface area contributed by atoms with Gasteiger partial charge in [-0.1, -0.05) is 344 Å². The van der Waals surface area contributed by atoms with Gasteiger partial charge >= 0.3 is 11.9 Å². The van der Waals surface area contributed by atoms with Gasteiger partial charge in [0.1, 0.15) is 6.61 Å². The topological polar surface area (TPSA) is 72.8 Å². The molecule has 0 rings (SSSR count). The lowest BCUT2D eigenvalue weighted by Gasteiger charge is -2.15. The van der Waals surface area contributed by atoms with Gasteiger partial charge in [0.25, 0.3) is 0 Å². The van der Waals surface area contributed by atoms with Gasteiger partial charge in [0.15, 0.2) is 6.10 Å². The molecule has 5 heteroatoms. The van der Waals surface area contributed by atoms with Crippen molar-refractivity contribution in [3.63, 3.8) is 0 Å². The van der Waals surface area contributed by atoms with Gasteiger partial charge < -0.3 is 14.6 Å². The predicted octanol–water partition coefficient (Wildman–Crippen LogP) is 25.8. The molecule has 0 spiro atoms. The van der Waals surface area contributed by atoms with E-state index in [0.717, 1.165) is 135 Å². The summed E-state index contributed by atoms with van der Waals surface area (Å²) in [6.45, 7) is 3.92. The van der Waals surface area contributed by atoms with E-state index in [2.05, 4.69) is 196 Å². The number of esters is 2. The molecule has 1 atom stereocenters. The lowest BCUT2D eigenvalue weighted by molar-refractivity contribution is -0.161. The van der Waals surface area contributed by atoms with E-state index in [1.807, 2.05) is 0 Å². The molecule has 0 radical (unpaired) electrons. The largest absolute Gasteiger partial charge is 0.462 e. The van der Waals surface area contributed by atoms with Gasteiger partial charge in [-0.15, -0.1) is 0 Å². The van der Waals surface area contributed by atoms with Crippen LogP contribution >= 0.6 is 0 Å². The van der Waals surface area contributed by atoms with Gasteiger partial charge in [-0.25, -0.2) is 0 Å². The van der Waals surface area contributed by atoms with Crippen molar-refractivity contribution in [3.05, 3.63) is 182 Å². The second-order valence-corrected chi connectivity index (χ2v) is 23.6. The molecule has 0 aromatic heterocycles. The molecule has 0 aromatic carbocycles. The lowest BCUT2D eigenvalue weighted by atomic mass is 10.0. The van der Waals surface area contributed by atoms with E-state index in [-0.39, 0.29) is 25.2 Å². The molecular weight excluding hydrogens is 1080 g/mol. The van der Waals surface area contributed by atoms with Gasteiger partial charge in [0.2, 0.25) is 0 Å². The Hall–Kier alpha value is -5.00. The Morgan fingerprint density at radius 1 is 0.261 bits per heavy atom. The zero-order valence-electron chi connectivity index (χ0n) is 56.9. The van der Waals surface area contributed by atoms with E-state index < -0.39 is 6.10 Å². The molecule has 0 saturated carbocycles. The maximum absolute atomic E-state index is 12.4. The quantitative estimate of drug-likeness (QED) is 0.0373. The molecule has 0 aliphatic heterocycles. The lowest BCUT2D eigenvalue weighted by Crippen LogP contribution is -2.28. The first kappa shape index (κ1) is 83.0. The summed E-state index contributed by atoms with van der Waals surface area (Å²) in [6.07, 6.45) is 119. The summed E-state index contributed by atoms with van der Waals surface area (Å²) < 4.78 is 10.8. The molecule has 0 amide bonds. The number of aliphatic hydroxyl groups excluding tert-OH is 1. The van der Waals surface area contributed by atoms with Crippen LogP contribution in [0.25, 0.3) is 0 Å². The van der Waals surface area contributed by atoms with Crippen molar-refractivity contribution < 1.29 is 24.2 Å². The minimum Gasteiger partial charge on any atom is -0.462 e. The van der Waals surface area contributed by atoms with Crippen LogP contribution in [0.5, 0.6) is 0 Å². The zero-order chi connectivity index (χ0) is 63.3. The molecule has 1 N–H and O–H groups in total. The minimum atomic E-state index is -0.787. The molecule has 0 aromatic rings. The van der Waals surface area contributed by atoms with Crippen molar-refractivity contribution in [3.8, 4) is 0 Å². The van der Waals surface area contributed by atoms with Crippen molar-refractivity contribution in [2.45, 2.75) is 315 Å². The summed E-state index contributed by atoms with van der Waals surface area (Å²) in [5.74, 6) is -0.596. The maximum Gasteiger partial charge on any atom is 0.306 e. The first-order chi connectivity index (χ1) is 43.6. The SMILES string of the molecule is CC/C=C\C/C=C\C/C=C\C/C=C\C/C=C\C/C=C\C/C=C\C/C=C\C/C=C\C/C=C\CCCCCCCCCCCCC(=O)OC(CO)COC(=O)CCCCCCCCCCCCCCCCCCC/C=C\C/C=C\C/C=C\C/C=C\C/C=C\CC. The standard InChI is InChI=1S/C83H134O5/c1-3-5-7-9-11-13-15-17-19-21-23-25-27-29-31-33-35-37-38-39-40-41-42-43-44-46-48-50-52-54-56-58-60-62-64-66-68-70-72-74-76-78-83(86)88-81(79-84)80-87-82(85)77-75-73-71-69-67-65-63-61-59-57-55-53-51-49-47-45-36-34-32-30-28-26-24-22-20-18-16-14-12-10-8-6-4-2/h5-8,11-14,17-20,23-26,29-32,35,37,39-40,42-43,46,48,52,54,81,84H,3-4,9-10,15-16,21-22,27-28,33-34,36,38,41,44-45,47,49-51,53,55-80H2,1-2H3/b7-5-,8-6-,13-11-,14-12-,19-17-,20-18-,25-23-,26-24-,31-29-,32-30-,37-35-,40-39-,43-42-,48-46-,54-52-. The Bertz CT molecular complexity index is 1960. The molecule has 1 unspecified atom stereocenters. The number of hydrogen-bond donors (Lipinski definition) is 1. The summed E-state index contributed by atoms with van der Waals surface area (Å²) in [4.78, 5) is 24.7. The van der Waals surface area contributed by atoms with Crippen LogP contribution in [0.3, 0.4) is 0 Å². The molecule has 0 saturated heterocycles. The average Bonchev–Trinajstić information content (AvgIpc) is 3.56. The first-order valence-electron chi connectivity index (χ1n) is 36.3. The molecule has 88 heavy (non-hydrogen) atoms. The normalized spacial score (nSPS) is 13.4. The Balaban J connectivity index is 3.54. The van der Waals surface area contributed by atoms with E-state index >= 15 is 0 Å². The summed E-state index contributed by atoms with van der Waals surface area (Å²) in [7, 11) is 0. The van der Waals surface area contributed by atoms with E-state index in [1.165, 1.54) is 148 Å². The highest BCUT2D eigenvalue weighted by Gasteiger charge is 2.16. The number of allylic oxidation sites excluding steroid dienone is 30. The number of rotatable bonds is 65. The number of ether oxygens (including phenoxy) is 2. The molecule has 0 aliphatic rings. The zero-order valence-corrected chi connectivity index (χ0v) is 56.9. The van der Waals surface area contributed by atoms with Crippen LogP contribution in [-0.2, 0) is 19.1 Å². The molecular formula is C83H134O5. The smallest absolute Gasteiger partial charge is 0.306 e. The van der Waals surface area contributed by atoms with Crippen molar-refractivity contribution in [1.82, 2.24) is 0 Å². The van der Waals surface area contributed by atoms with Gasteiger partial charge in [-0.05, 0) is 135 Å². The molecule has 0 fully saturated rings. The number of carbonyl (C=O) groups is 2. The first-order valence-corrected chi connectivity index (χ1v) is 36.3. The van der Waals surface area contributed by atoms with Crippen LogP contribution in [0.15, 0.2) is 182 Å². The Morgan fingerprint density at radius 3 is 0.682 bits per heavy atom. The van der Waals surface area contributed by atoms with E-state index in [4.69, 9.17) is 9.47 Å². The van der Waals surface area contributed by atoms with Crippen LogP contribution in [0.4, 0.5) is 0 Å². The maximum atomic E-state index is 12.4. The van der Waals surface area contributed by atoms with Gasteiger partial charge in [0, 0.05) is 12.8 Å². The fourth-order valence-corrected chi connectivity index (χ4v) is 9.85. The van der Waals surface area contributed by atoms with Crippen LogP contribution in [0.2, 0.25) is 0 Å². The van der Waals surface area contributed by atoms with Crippen LogP contribution in [0, 0.1) is 0 Å².